The van der Waals surface area contributed by atoms with Gasteiger partial charge in [-0.2, -0.15) is 13.2 Å². The van der Waals surface area contributed by atoms with Crippen LogP contribution in [0, 0.1) is 0 Å². The van der Waals surface area contributed by atoms with E-state index in [0.717, 1.165) is 12.1 Å². The first-order chi connectivity index (χ1) is 14.3. The first-order valence-electron chi connectivity index (χ1n) is 8.89. The van der Waals surface area contributed by atoms with E-state index in [2.05, 4.69) is 9.97 Å². The molecule has 1 N–H and O–H groups in total. The van der Waals surface area contributed by atoms with Crippen molar-refractivity contribution in [2.24, 2.45) is 0 Å². The number of halogens is 4. The monoisotopic (exact) mass is 430 g/mol. The van der Waals surface area contributed by atoms with Crippen molar-refractivity contribution in [3.63, 3.8) is 0 Å². The number of fused-ring (bicyclic) bond motifs is 1. The molecule has 0 aliphatic heterocycles. The Bertz CT molecular complexity index is 1290. The van der Waals surface area contributed by atoms with Crippen LogP contribution in [0.2, 0.25) is 5.02 Å². The number of nitrogens with one attached hydrogen (secondary N) is 1. The topological polar surface area (TPSA) is 55.0 Å². The maximum Gasteiger partial charge on any atom is 0.416 e. The number of hydrogen-bond donors (Lipinski definition) is 1. The van der Waals surface area contributed by atoms with Crippen LogP contribution in [-0.2, 0) is 12.8 Å². The Labute approximate surface area is 173 Å². The number of nitrogens with zero attached hydrogens (tertiary/aromatic N) is 1. The van der Waals surface area contributed by atoms with Gasteiger partial charge in [0.1, 0.15) is 18.2 Å². The normalized spacial score (nSPS) is 11.6. The van der Waals surface area contributed by atoms with Gasteiger partial charge in [0.2, 0.25) is 0 Å². The lowest BCUT2D eigenvalue weighted by molar-refractivity contribution is -0.137. The van der Waals surface area contributed by atoms with Crippen molar-refractivity contribution in [3.8, 4) is 17.1 Å². The summed E-state index contributed by atoms with van der Waals surface area (Å²) >= 11 is 6.11. The van der Waals surface area contributed by atoms with Gasteiger partial charge in [0.15, 0.2) is 0 Å². The molecule has 3 aromatic carbocycles. The standard InChI is InChI=1S/C22H14ClF3N2O2/c23-15-8-9-19(30-12-13-4-3-5-14(10-13)22(24,25)26)17(11-15)20-27-18-7-2-1-6-16(18)21(29)28-20/h1-11H,12H2,(H,27,28,29). The van der Waals surface area contributed by atoms with Crippen LogP contribution in [0.1, 0.15) is 11.1 Å². The second-order valence-corrected chi connectivity index (χ2v) is 7.00. The number of aromatic nitrogens is 2. The molecule has 152 valence electrons. The molecule has 0 atom stereocenters. The lowest BCUT2D eigenvalue weighted by Gasteiger charge is -2.13. The fraction of sp³-hybridized carbons (Fsp3) is 0.0909. The zero-order chi connectivity index (χ0) is 21.3. The maximum absolute atomic E-state index is 12.9. The number of benzene rings is 3. The molecule has 0 saturated heterocycles. The molecule has 0 fully saturated rings. The van der Waals surface area contributed by atoms with Crippen molar-refractivity contribution < 1.29 is 17.9 Å². The first kappa shape index (κ1) is 20.0. The lowest BCUT2D eigenvalue weighted by Crippen LogP contribution is -2.10. The van der Waals surface area contributed by atoms with Crippen LogP contribution in [0.3, 0.4) is 0 Å². The van der Waals surface area contributed by atoms with Crippen molar-refractivity contribution >= 4 is 22.5 Å². The molecule has 0 amide bonds. The quantitative estimate of drug-likeness (QED) is 0.442. The molecule has 1 aromatic heterocycles. The minimum Gasteiger partial charge on any atom is -0.488 e. The highest BCUT2D eigenvalue weighted by Gasteiger charge is 2.30. The highest BCUT2D eigenvalue weighted by Crippen LogP contribution is 2.32. The van der Waals surface area contributed by atoms with E-state index in [1.807, 2.05) is 0 Å². The van der Waals surface area contributed by atoms with E-state index >= 15 is 0 Å². The zero-order valence-electron chi connectivity index (χ0n) is 15.3. The molecule has 0 radical (unpaired) electrons. The number of hydrogen-bond acceptors (Lipinski definition) is 3. The summed E-state index contributed by atoms with van der Waals surface area (Å²) in [6.45, 7) is -0.101. The van der Waals surface area contributed by atoms with Crippen molar-refractivity contribution in [2.45, 2.75) is 12.8 Å². The molecule has 1 heterocycles. The van der Waals surface area contributed by atoms with Gasteiger partial charge in [-0.15, -0.1) is 0 Å². The van der Waals surface area contributed by atoms with Gasteiger partial charge >= 0.3 is 6.18 Å². The minimum absolute atomic E-state index is 0.101. The van der Waals surface area contributed by atoms with Gasteiger partial charge in [0, 0.05) is 5.02 Å². The lowest BCUT2D eigenvalue weighted by atomic mass is 10.1. The van der Waals surface area contributed by atoms with Crippen molar-refractivity contribution in [2.75, 3.05) is 0 Å². The van der Waals surface area contributed by atoms with Gasteiger partial charge in [-0.05, 0) is 48.0 Å². The zero-order valence-corrected chi connectivity index (χ0v) is 16.1. The second-order valence-electron chi connectivity index (χ2n) is 6.56. The van der Waals surface area contributed by atoms with Crippen LogP contribution >= 0.6 is 11.6 Å². The molecular formula is C22H14ClF3N2O2. The van der Waals surface area contributed by atoms with Crippen LogP contribution in [-0.4, -0.2) is 9.97 Å². The maximum atomic E-state index is 12.9. The summed E-state index contributed by atoms with van der Waals surface area (Å²) in [5.41, 5.74) is 0.211. The number of rotatable bonds is 4. The Balaban J connectivity index is 1.69. The third-order valence-corrected chi connectivity index (χ3v) is 4.69. The third kappa shape index (κ3) is 4.16. The predicted molar refractivity (Wildman–Crippen MR) is 109 cm³/mol. The van der Waals surface area contributed by atoms with Gasteiger partial charge in [0.05, 0.1) is 22.0 Å². The van der Waals surface area contributed by atoms with Gasteiger partial charge in [-0.25, -0.2) is 4.98 Å². The summed E-state index contributed by atoms with van der Waals surface area (Å²) in [7, 11) is 0. The van der Waals surface area contributed by atoms with Crippen LogP contribution in [0.15, 0.2) is 71.5 Å². The first-order valence-corrected chi connectivity index (χ1v) is 9.27. The van der Waals surface area contributed by atoms with Crippen molar-refractivity contribution in [1.82, 2.24) is 9.97 Å². The van der Waals surface area contributed by atoms with E-state index in [4.69, 9.17) is 16.3 Å². The molecule has 0 unspecified atom stereocenters. The molecule has 0 aliphatic carbocycles. The minimum atomic E-state index is -4.43. The van der Waals surface area contributed by atoms with Gasteiger partial charge in [-0.3, -0.25) is 4.79 Å². The van der Waals surface area contributed by atoms with Crippen LogP contribution < -0.4 is 10.3 Å². The van der Waals surface area contributed by atoms with Crippen LogP contribution in [0.25, 0.3) is 22.3 Å². The van der Waals surface area contributed by atoms with E-state index in [9.17, 15) is 18.0 Å². The molecule has 4 aromatic rings. The summed E-state index contributed by atoms with van der Waals surface area (Å²) in [4.78, 5) is 19.6. The van der Waals surface area contributed by atoms with Crippen molar-refractivity contribution in [3.05, 3.63) is 93.2 Å². The molecule has 4 nitrogen and oxygen atoms in total. The smallest absolute Gasteiger partial charge is 0.416 e. The molecule has 0 bridgehead atoms. The number of aromatic amines is 1. The van der Waals surface area contributed by atoms with E-state index < -0.39 is 11.7 Å². The highest BCUT2D eigenvalue weighted by atomic mass is 35.5. The summed E-state index contributed by atoms with van der Waals surface area (Å²) in [6.07, 6.45) is -4.43. The summed E-state index contributed by atoms with van der Waals surface area (Å²) < 4.78 is 44.6. The van der Waals surface area contributed by atoms with Crippen LogP contribution in [0.5, 0.6) is 5.75 Å². The summed E-state index contributed by atoms with van der Waals surface area (Å²) in [5.74, 6) is 0.579. The number of alkyl halides is 3. The Hall–Kier alpha value is -3.32. The van der Waals surface area contributed by atoms with Crippen LogP contribution in [0.4, 0.5) is 13.2 Å². The van der Waals surface area contributed by atoms with Gasteiger partial charge in [-0.1, -0.05) is 35.9 Å². The molecule has 4 rings (SSSR count). The molecule has 0 saturated carbocycles. The van der Waals surface area contributed by atoms with E-state index in [0.29, 0.717) is 32.8 Å². The Kier molecular flexibility index (Phi) is 5.22. The largest absolute Gasteiger partial charge is 0.488 e. The molecule has 0 spiro atoms. The summed E-state index contributed by atoms with van der Waals surface area (Å²) in [6, 6.07) is 16.5. The average molecular weight is 431 g/mol. The van der Waals surface area contributed by atoms with Gasteiger partial charge in [0.25, 0.3) is 5.56 Å². The SMILES string of the molecule is O=c1[nH]c(-c2cc(Cl)ccc2OCc2cccc(C(F)(F)F)c2)nc2ccccc12. The van der Waals surface area contributed by atoms with Gasteiger partial charge < -0.3 is 9.72 Å². The Morgan fingerprint density at radius 3 is 2.60 bits per heavy atom. The predicted octanol–water partition coefficient (Wildman–Crippen LogP) is 5.84. The Morgan fingerprint density at radius 2 is 1.80 bits per heavy atom. The second kappa shape index (κ2) is 7.84. The molecular weight excluding hydrogens is 417 g/mol. The van der Waals surface area contributed by atoms with Crippen molar-refractivity contribution in [1.29, 1.82) is 0 Å². The summed E-state index contributed by atoms with van der Waals surface area (Å²) in [5, 5.41) is 0.835. The van der Waals surface area contributed by atoms with E-state index in [1.165, 1.54) is 6.07 Å². The Morgan fingerprint density at radius 1 is 1.00 bits per heavy atom. The molecule has 30 heavy (non-hydrogen) atoms. The fourth-order valence-corrected chi connectivity index (χ4v) is 3.20. The molecule has 0 aliphatic rings. The van der Waals surface area contributed by atoms with E-state index in [1.54, 1.807) is 48.5 Å². The number of ether oxygens (including phenoxy) is 1. The number of H-pyrrole nitrogens is 1. The fourth-order valence-electron chi connectivity index (χ4n) is 3.03. The highest BCUT2D eigenvalue weighted by molar-refractivity contribution is 6.30. The average Bonchev–Trinajstić information content (AvgIpc) is 2.72. The van der Waals surface area contributed by atoms with E-state index in [-0.39, 0.29) is 18.0 Å². The number of para-hydroxylation sites is 1. The molecule has 8 heteroatoms. The third-order valence-electron chi connectivity index (χ3n) is 4.46.